The van der Waals surface area contributed by atoms with E-state index < -0.39 is 33.4 Å². The van der Waals surface area contributed by atoms with E-state index in [-0.39, 0.29) is 16.0 Å². The SMILES string of the molecule is CC(NC(=O)c1ccccc1S(C)(=O)=O)c1ccc(F)cc1F. The highest BCUT2D eigenvalue weighted by Gasteiger charge is 2.21. The number of carbonyl (C=O) groups is 1. The first-order valence-corrected chi connectivity index (χ1v) is 8.64. The Morgan fingerprint density at radius 3 is 2.39 bits per heavy atom. The number of sulfone groups is 1. The van der Waals surface area contributed by atoms with E-state index in [0.29, 0.717) is 0 Å². The monoisotopic (exact) mass is 339 g/mol. The number of amides is 1. The lowest BCUT2D eigenvalue weighted by Gasteiger charge is -2.16. The average molecular weight is 339 g/mol. The highest BCUT2D eigenvalue weighted by Crippen LogP contribution is 2.20. The van der Waals surface area contributed by atoms with Crippen molar-refractivity contribution in [2.45, 2.75) is 17.9 Å². The number of rotatable bonds is 4. The number of hydrogen-bond donors (Lipinski definition) is 1. The third-order valence-corrected chi connectivity index (χ3v) is 4.46. The van der Waals surface area contributed by atoms with E-state index in [0.717, 1.165) is 18.4 Å². The molecule has 0 bridgehead atoms. The molecule has 0 heterocycles. The second-order valence-electron chi connectivity index (χ2n) is 5.13. The van der Waals surface area contributed by atoms with Crippen LogP contribution >= 0.6 is 0 Å². The van der Waals surface area contributed by atoms with Crippen molar-refractivity contribution < 1.29 is 22.0 Å². The van der Waals surface area contributed by atoms with Gasteiger partial charge in [-0.2, -0.15) is 0 Å². The Hall–Kier alpha value is -2.28. The van der Waals surface area contributed by atoms with Gasteiger partial charge in [-0.3, -0.25) is 4.79 Å². The quantitative estimate of drug-likeness (QED) is 0.932. The van der Waals surface area contributed by atoms with Gasteiger partial charge in [0.15, 0.2) is 9.84 Å². The fourth-order valence-electron chi connectivity index (χ4n) is 2.18. The smallest absolute Gasteiger partial charge is 0.253 e. The second-order valence-corrected chi connectivity index (χ2v) is 7.11. The molecule has 0 radical (unpaired) electrons. The van der Waals surface area contributed by atoms with Crippen molar-refractivity contribution in [2.24, 2.45) is 0 Å². The predicted octanol–water partition coefficient (Wildman–Crippen LogP) is 2.86. The molecule has 7 heteroatoms. The van der Waals surface area contributed by atoms with Crippen LogP contribution in [0.25, 0.3) is 0 Å². The molecule has 0 aromatic heterocycles. The van der Waals surface area contributed by atoms with Gasteiger partial charge in [0.2, 0.25) is 0 Å². The second kappa shape index (κ2) is 6.45. The Morgan fingerprint density at radius 2 is 1.78 bits per heavy atom. The van der Waals surface area contributed by atoms with E-state index >= 15 is 0 Å². The van der Waals surface area contributed by atoms with Crippen LogP contribution in [0.5, 0.6) is 0 Å². The van der Waals surface area contributed by atoms with Crippen LogP contribution in [-0.4, -0.2) is 20.6 Å². The van der Waals surface area contributed by atoms with Gasteiger partial charge in [0.1, 0.15) is 11.6 Å². The van der Waals surface area contributed by atoms with Gasteiger partial charge in [-0.05, 0) is 25.1 Å². The minimum atomic E-state index is -3.58. The van der Waals surface area contributed by atoms with Crippen molar-refractivity contribution >= 4 is 15.7 Å². The molecule has 2 aromatic carbocycles. The van der Waals surface area contributed by atoms with Crippen molar-refractivity contribution in [3.8, 4) is 0 Å². The van der Waals surface area contributed by atoms with E-state index in [1.54, 1.807) is 0 Å². The Bertz CT molecular complexity index is 850. The molecule has 1 atom stereocenters. The Kier molecular flexibility index (Phi) is 4.79. The Labute approximate surface area is 133 Å². The van der Waals surface area contributed by atoms with E-state index in [4.69, 9.17) is 0 Å². The highest BCUT2D eigenvalue weighted by atomic mass is 32.2. The Morgan fingerprint density at radius 1 is 1.13 bits per heavy atom. The third-order valence-electron chi connectivity index (χ3n) is 3.31. The number of nitrogens with one attached hydrogen (secondary N) is 1. The zero-order valence-corrected chi connectivity index (χ0v) is 13.3. The fraction of sp³-hybridized carbons (Fsp3) is 0.188. The zero-order valence-electron chi connectivity index (χ0n) is 12.5. The maximum atomic E-state index is 13.7. The van der Waals surface area contributed by atoms with Gasteiger partial charge < -0.3 is 5.32 Å². The van der Waals surface area contributed by atoms with Crippen molar-refractivity contribution in [3.63, 3.8) is 0 Å². The molecule has 122 valence electrons. The molecule has 23 heavy (non-hydrogen) atoms. The fourth-order valence-corrected chi connectivity index (χ4v) is 3.07. The Balaban J connectivity index is 2.29. The minimum absolute atomic E-state index is 0.0237. The van der Waals surface area contributed by atoms with Crippen LogP contribution in [0.1, 0.15) is 28.9 Å². The maximum absolute atomic E-state index is 13.7. The molecule has 2 aromatic rings. The molecular formula is C16H15F2NO3S. The largest absolute Gasteiger partial charge is 0.345 e. The molecule has 0 saturated heterocycles. The van der Waals surface area contributed by atoms with Crippen LogP contribution in [0.15, 0.2) is 47.4 Å². The van der Waals surface area contributed by atoms with Gasteiger partial charge >= 0.3 is 0 Å². The summed E-state index contributed by atoms with van der Waals surface area (Å²) < 4.78 is 50.1. The minimum Gasteiger partial charge on any atom is -0.345 e. The summed E-state index contributed by atoms with van der Waals surface area (Å²) in [5.74, 6) is -2.15. The van der Waals surface area contributed by atoms with Crippen LogP contribution in [0.4, 0.5) is 8.78 Å². The molecule has 1 unspecified atom stereocenters. The van der Waals surface area contributed by atoms with E-state index in [9.17, 15) is 22.0 Å². The van der Waals surface area contributed by atoms with Crippen LogP contribution in [0, 0.1) is 11.6 Å². The molecule has 0 fully saturated rings. The summed E-state index contributed by atoms with van der Waals surface area (Å²) >= 11 is 0. The molecule has 4 nitrogen and oxygen atoms in total. The molecule has 0 spiro atoms. The standard InChI is InChI=1S/C16H15F2NO3S/c1-10(12-8-7-11(17)9-14(12)18)19-16(20)13-5-3-4-6-15(13)23(2,21)22/h3-10H,1-2H3,(H,19,20). The lowest BCUT2D eigenvalue weighted by molar-refractivity contribution is 0.0936. The number of benzene rings is 2. The lowest BCUT2D eigenvalue weighted by atomic mass is 10.1. The van der Waals surface area contributed by atoms with Crippen molar-refractivity contribution in [1.29, 1.82) is 0 Å². The van der Waals surface area contributed by atoms with Gasteiger partial charge in [-0.25, -0.2) is 17.2 Å². The zero-order chi connectivity index (χ0) is 17.2. The maximum Gasteiger partial charge on any atom is 0.253 e. The summed E-state index contributed by atoms with van der Waals surface area (Å²) in [5.41, 5.74) is 0.0842. The molecular weight excluding hydrogens is 324 g/mol. The van der Waals surface area contributed by atoms with Gasteiger partial charge in [-0.15, -0.1) is 0 Å². The third kappa shape index (κ3) is 3.92. The van der Waals surface area contributed by atoms with Gasteiger partial charge in [0.05, 0.1) is 16.5 Å². The van der Waals surface area contributed by atoms with Crippen LogP contribution in [0.3, 0.4) is 0 Å². The highest BCUT2D eigenvalue weighted by molar-refractivity contribution is 7.90. The summed E-state index contributed by atoms with van der Waals surface area (Å²) in [7, 11) is -3.58. The number of carbonyl (C=O) groups excluding carboxylic acids is 1. The molecule has 2 rings (SSSR count). The van der Waals surface area contributed by atoms with Crippen LogP contribution in [-0.2, 0) is 9.84 Å². The normalized spacial score (nSPS) is 12.7. The van der Waals surface area contributed by atoms with Crippen molar-refractivity contribution in [1.82, 2.24) is 5.32 Å². The van der Waals surface area contributed by atoms with Crippen molar-refractivity contribution in [3.05, 3.63) is 65.2 Å². The summed E-state index contributed by atoms with van der Waals surface area (Å²) in [6.07, 6.45) is 1.00. The molecule has 0 saturated carbocycles. The first-order chi connectivity index (χ1) is 10.7. The van der Waals surface area contributed by atoms with Crippen LogP contribution in [0.2, 0.25) is 0 Å². The van der Waals surface area contributed by atoms with Crippen LogP contribution < -0.4 is 5.32 Å². The van der Waals surface area contributed by atoms with E-state index in [1.807, 2.05) is 0 Å². The lowest BCUT2D eigenvalue weighted by Crippen LogP contribution is -2.28. The topological polar surface area (TPSA) is 63.2 Å². The molecule has 1 N–H and O–H groups in total. The first kappa shape index (κ1) is 17.1. The van der Waals surface area contributed by atoms with Gasteiger partial charge in [0.25, 0.3) is 5.91 Å². The van der Waals surface area contributed by atoms with Gasteiger partial charge in [-0.1, -0.05) is 18.2 Å². The molecule has 0 aliphatic heterocycles. The number of halogens is 2. The average Bonchev–Trinajstić information content (AvgIpc) is 2.46. The molecule has 1 amide bonds. The van der Waals surface area contributed by atoms with Gasteiger partial charge in [0, 0.05) is 17.9 Å². The summed E-state index contributed by atoms with van der Waals surface area (Å²) in [6.45, 7) is 1.53. The summed E-state index contributed by atoms with van der Waals surface area (Å²) in [6, 6.07) is 8.04. The number of hydrogen-bond acceptors (Lipinski definition) is 3. The summed E-state index contributed by atoms with van der Waals surface area (Å²) in [4.78, 5) is 12.2. The van der Waals surface area contributed by atoms with E-state index in [2.05, 4.69) is 5.32 Å². The molecule has 0 aliphatic rings. The van der Waals surface area contributed by atoms with Crippen molar-refractivity contribution in [2.75, 3.05) is 6.26 Å². The van der Waals surface area contributed by atoms with E-state index in [1.165, 1.54) is 37.3 Å². The first-order valence-electron chi connectivity index (χ1n) is 6.75. The summed E-state index contributed by atoms with van der Waals surface area (Å²) in [5, 5.41) is 2.52. The predicted molar refractivity (Wildman–Crippen MR) is 81.8 cm³/mol. The molecule has 0 aliphatic carbocycles.